The van der Waals surface area contributed by atoms with E-state index in [1.807, 2.05) is 47.3 Å². The van der Waals surface area contributed by atoms with Crippen LogP contribution in [0.1, 0.15) is 10.4 Å². The van der Waals surface area contributed by atoms with Gasteiger partial charge >= 0.3 is 0 Å². The average Bonchev–Trinajstić information content (AvgIpc) is 2.61. The quantitative estimate of drug-likeness (QED) is 0.595. The van der Waals surface area contributed by atoms with E-state index in [0.29, 0.717) is 17.0 Å². The van der Waals surface area contributed by atoms with Crippen molar-refractivity contribution in [1.82, 2.24) is 0 Å². The molecular weight excluding hydrogens is 304 g/mol. The molecule has 1 aromatic heterocycles. The maximum atomic E-state index is 12.5. The molecule has 24 heavy (non-hydrogen) atoms. The van der Waals surface area contributed by atoms with Crippen LogP contribution in [0.2, 0.25) is 0 Å². The first-order valence-electron chi connectivity index (χ1n) is 7.67. The molecule has 0 radical (unpaired) electrons. The van der Waals surface area contributed by atoms with Crippen LogP contribution in [0.5, 0.6) is 5.75 Å². The van der Waals surface area contributed by atoms with Crippen LogP contribution in [0.15, 0.2) is 60.9 Å². The number of hydrogen-bond donors (Lipinski definition) is 1. The fraction of sp³-hybridized carbons (Fsp3) is 0.105. The van der Waals surface area contributed by atoms with Crippen molar-refractivity contribution in [2.75, 3.05) is 11.9 Å². The largest absolute Gasteiger partial charge is 0.482 e. The second-order valence-corrected chi connectivity index (χ2v) is 5.72. The SMILES string of the molecule is O=C1COc2ccc(C(=O)C[n+]3ccc4ccccc4c3)cc2N1. The Morgan fingerprint density at radius 2 is 1.96 bits per heavy atom. The number of hydrogen-bond acceptors (Lipinski definition) is 3. The fourth-order valence-electron chi connectivity index (χ4n) is 2.79. The molecule has 1 aliphatic rings. The third-order valence-electron chi connectivity index (χ3n) is 4.01. The van der Waals surface area contributed by atoms with Gasteiger partial charge in [-0.3, -0.25) is 9.59 Å². The Kier molecular flexibility index (Phi) is 3.46. The van der Waals surface area contributed by atoms with Gasteiger partial charge in [0.15, 0.2) is 19.0 Å². The van der Waals surface area contributed by atoms with E-state index < -0.39 is 0 Å². The summed E-state index contributed by atoms with van der Waals surface area (Å²) in [6.45, 7) is 0.242. The lowest BCUT2D eigenvalue weighted by Crippen LogP contribution is -2.37. The number of ketones is 1. The van der Waals surface area contributed by atoms with Gasteiger partial charge in [-0.05, 0) is 29.7 Å². The van der Waals surface area contributed by atoms with Gasteiger partial charge in [-0.25, -0.2) is 0 Å². The number of nitrogens with one attached hydrogen (secondary N) is 1. The number of pyridine rings is 1. The maximum absolute atomic E-state index is 12.5. The zero-order chi connectivity index (χ0) is 16.5. The summed E-state index contributed by atoms with van der Waals surface area (Å²) in [5, 5.41) is 4.94. The number of Topliss-reactive ketones (excluding diaryl/α,β-unsaturated/α-hetero) is 1. The first-order chi connectivity index (χ1) is 11.7. The summed E-state index contributed by atoms with van der Waals surface area (Å²) in [6.07, 6.45) is 3.85. The molecule has 1 N–H and O–H groups in total. The molecule has 0 saturated carbocycles. The van der Waals surface area contributed by atoms with E-state index in [0.717, 1.165) is 10.8 Å². The molecule has 2 heterocycles. The van der Waals surface area contributed by atoms with Crippen molar-refractivity contribution in [3.63, 3.8) is 0 Å². The van der Waals surface area contributed by atoms with Crippen LogP contribution in [0.3, 0.4) is 0 Å². The molecule has 0 aliphatic carbocycles. The van der Waals surface area contributed by atoms with Gasteiger partial charge in [0, 0.05) is 17.0 Å². The smallest absolute Gasteiger partial charge is 0.262 e. The standard InChI is InChI=1S/C19H14N2O3/c22-17(11-21-8-7-13-3-1-2-4-15(13)10-21)14-5-6-18-16(9-14)20-19(23)12-24-18/h1-10H,11-12H2/p+1. The molecule has 0 spiro atoms. The van der Waals surface area contributed by atoms with Gasteiger partial charge < -0.3 is 10.1 Å². The number of rotatable bonds is 3. The van der Waals surface area contributed by atoms with Crippen molar-refractivity contribution in [2.45, 2.75) is 6.54 Å². The summed E-state index contributed by atoms with van der Waals surface area (Å²) < 4.78 is 7.17. The number of amides is 1. The number of anilines is 1. The van der Waals surface area contributed by atoms with Gasteiger partial charge in [-0.15, -0.1) is 0 Å². The average molecular weight is 319 g/mol. The lowest BCUT2D eigenvalue weighted by atomic mass is 10.1. The van der Waals surface area contributed by atoms with Crippen molar-refractivity contribution in [2.24, 2.45) is 0 Å². The molecule has 2 aromatic carbocycles. The van der Waals surface area contributed by atoms with Gasteiger partial charge in [0.05, 0.1) is 5.69 Å². The highest BCUT2D eigenvalue weighted by molar-refractivity contribution is 6.00. The molecule has 118 valence electrons. The predicted molar refractivity (Wildman–Crippen MR) is 89.0 cm³/mol. The molecule has 1 amide bonds. The Hall–Kier alpha value is -3.21. The second-order valence-electron chi connectivity index (χ2n) is 5.72. The molecular formula is C19H15N2O3+. The Morgan fingerprint density at radius 1 is 1.12 bits per heavy atom. The van der Waals surface area contributed by atoms with Crippen LogP contribution in [0, 0.1) is 0 Å². The summed E-state index contributed by atoms with van der Waals surface area (Å²) in [7, 11) is 0. The summed E-state index contributed by atoms with van der Waals surface area (Å²) in [6, 6.07) is 15.1. The van der Waals surface area contributed by atoms with E-state index in [9.17, 15) is 9.59 Å². The highest BCUT2D eigenvalue weighted by Crippen LogP contribution is 2.28. The number of ether oxygens (including phenoxy) is 1. The third-order valence-corrected chi connectivity index (χ3v) is 4.01. The van der Waals surface area contributed by atoms with Crippen LogP contribution < -0.4 is 14.6 Å². The van der Waals surface area contributed by atoms with Gasteiger partial charge in [-0.2, -0.15) is 4.57 Å². The highest BCUT2D eigenvalue weighted by atomic mass is 16.5. The first kappa shape index (κ1) is 14.4. The van der Waals surface area contributed by atoms with E-state index in [-0.39, 0.29) is 24.8 Å². The maximum Gasteiger partial charge on any atom is 0.262 e. The normalized spacial score (nSPS) is 13.1. The summed E-state index contributed by atoms with van der Waals surface area (Å²) in [5.74, 6) is 0.346. The van der Waals surface area contributed by atoms with E-state index in [2.05, 4.69) is 5.32 Å². The van der Waals surface area contributed by atoms with Crippen molar-refractivity contribution >= 4 is 28.2 Å². The Labute approximate surface area is 138 Å². The minimum absolute atomic E-state index is 0.00718. The highest BCUT2D eigenvalue weighted by Gasteiger charge is 2.19. The van der Waals surface area contributed by atoms with Crippen molar-refractivity contribution < 1.29 is 18.9 Å². The molecule has 0 atom stereocenters. The van der Waals surface area contributed by atoms with Gasteiger partial charge in [-0.1, -0.05) is 18.2 Å². The lowest BCUT2D eigenvalue weighted by Gasteiger charge is -2.18. The topological polar surface area (TPSA) is 59.3 Å². The van der Waals surface area contributed by atoms with Gasteiger partial charge in [0.1, 0.15) is 5.75 Å². The minimum Gasteiger partial charge on any atom is -0.482 e. The summed E-state index contributed by atoms with van der Waals surface area (Å²) >= 11 is 0. The van der Waals surface area contributed by atoms with Gasteiger partial charge in [0.2, 0.25) is 12.3 Å². The van der Waals surface area contributed by atoms with Crippen LogP contribution in [-0.4, -0.2) is 18.3 Å². The minimum atomic E-state index is -0.212. The molecule has 0 bridgehead atoms. The summed E-state index contributed by atoms with van der Waals surface area (Å²) in [5.41, 5.74) is 1.08. The molecule has 0 fully saturated rings. The molecule has 4 rings (SSSR count). The molecule has 0 saturated heterocycles. The van der Waals surface area contributed by atoms with E-state index >= 15 is 0 Å². The van der Waals surface area contributed by atoms with Crippen LogP contribution in [0.4, 0.5) is 5.69 Å². The summed E-state index contributed by atoms with van der Waals surface area (Å²) in [4.78, 5) is 23.9. The Bertz CT molecular complexity index is 966. The number of aromatic nitrogens is 1. The Balaban J connectivity index is 1.59. The van der Waals surface area contributed by atoms with Crippen LogP contribution in [0.25, 0.3) is 10.8 Å². The lowest BCUT2D eigenvalue weighted by molar-refractivity contribution is -0.681. The number of carbonyl (C=O) groups excluding carboxylic acids is 2. The number of fused-ring (bicyclic) bond motifs is 2. The van der Waals surface area contributed by atoms with Crippen LogP contribution >= 0.6 is 0 Å². The van der Waals surface area contributed by atoms with Crippen molar-refractivity contribution in [1.29, 1.82) is 0 Å². The Morgan fingerprint density at radius 3 is 2.83 bits per heavy atom. The first-order valence-corrected chi connectivity index (χ1v) is 7.67. The molecule has 1 aliphatic heterocycles. The number of benzene rings is 2. The van der Waals surface area contributed by atoms with Crippen molar-refractivity contribution in [3.05, 3.63) is 66.5 Å². The zero-order valence-electron chi connectivity index (χ0n) is 12.9. The molecule has 3 aromatic rings. The van der Waals surface area contributed by atoms with E-state index in [1.165, 1.54) is 0 Å². The van der Waals surface area contributed by atoms with E-state index in [4.69, 9.17) is 4.74 Å². The molecule has 0 unspecified atom stereocenters. The van der Waals surface area contributed by atoms with Crippen molar-refractivity contribution in [3.8, 4) is 5.75 Å². The number of carbonyl (C=O) groups is 2. The van der Waals surface area contributed by atoms with Crippen LogP contribution in [-0.2, 0) is 11.3 Å². The molecule has 5 heteroatoms. The predicted octanol–water partition coefficient (Wildman–Crippen LogP) is 2.34. The molecule has 5 nitrogen and oxygen atoms in total. The monoisotopic (exact) mass is 319 g/mol. The third kappa shape index (κ3) is 2.72. The zero-order valence-corrected chi connectivity index (χ0v) is 12.9. The van der Waals surface area contributed by atoms with Gasteiger partial charge in [0.25, 0.3) is 5.91 Å². The second kappa shape index (κ2) is 5.77. The van der Waals surface area contributed by atoms with E-state index in [1.54, 1.807) is 18.2 Å². The number of nitrogens with zero attached hydrogens (tertiary/aromatic N) is 1. The fourth-order valence-corrected chi connectivity index (χ4v) is 2.79.